The van der Waals surface area contributed by atoms with Gasteiger partial charge in [0.1, 0.15) is 24.4 Å². The summed E-state index contributed by atoms with van der Waals surface area (Å²) in [5.41, 5.74) is 7.60. The fourth-order valence-corrected chi connectivity index (χ4v) is 8.92. The Morgan fingerprint density at radius 2 is 1.07 bits per heavy atom. The van der Waals surface area contributed by atoms with Crippen LogP contribution in [0, 0.1) is 5.92 Å². The molecule has 2 atom stereocenters. The molecule has 0 aliphatic heterocycles. The summed E-state index contributed by atoms with van der Waals surface area (Å²) in [6, 6.07) is 3.83. The van der Waals surface area contributed by atoms with Gasteiger partial charge in [-0.2, -0.15) is 11.8 Å². The van der Waals surface area contributed by atoms with Gasteiger partial charge in [0.2, 0.25) is 11.8 Å². The molecule has 0 unspecified atom stereocenters. The molecule has 2 rings (SSSR count). The van der Waals surface area contributed by atoms with E-state index in [4.69, 9.17) is 76.9 Å². The van der Waals surface area contributed by atoms with E-state index in [1.165, 1.54) is 0 Å². The summed E-state index contributed by atoms with van der Waals surface area (Å²) in [6.07, 6.45) is 2.47. The Morgan fingerprint density at radius 3 is 1.51 bits per heavy atom. The highest BCUT2D eigenvalue weighted by Crippen LogP contribution is 2.24. The van der Waals surface area contributed by atoms with Crippen molar-refractivity contribution in [3.63, 3.8) is 0 Å². The number of carbonyl (C=O) groups excluding carboxylic acids is 5. The van der Waals surface area contributed by atoms with Gasteiger partial charge in [-0.1, -0.05) is 71.0 Å². The Bertz CT molecular complexity index is 2260. The van der Waals surface area contributed by atoms with E-state index in [0.29, 0.717) is 207 Å². The van der Waals surface area contributed by atoms with Crippen LogP contribution in [-0.2, 0) is 105 Å². The van der Waals surface area contributed by atoms with Crippen molar-refractivity contribution in [3.05, 3.63) is 41.7 Å². The molecule has 0 aliphatic rings. The van der Waals surface area contributed by atoms with Crippen LogP contribution in [0.25, 0.3) is 0 Å². The number of alkyl carbamates (subject to hydrolysis) is 1. The Balaban J connectivity index is 1.47. The van der Waals surface area contributed by atoms with Crippen LogP contribution in [0.2, 0.25) is 0 Å². The zero-order valence-corrected chi connectivity index (χ0v) is 58.3. The molecule has 0 saturated carbocycles. The first-order valence-corrected chi connectivity index (χ1v) is 34.5. The zero-order valence-electron chi connectivity index (χ0n) is 56.6. The number of oxime groups is 1. The van der Waals surface area contributed by atoms with Crippen LogP contribution >= 0.6 is 23.5 Å². The first-order chi connectivity index (χ1) is 45.6. The van der Waals surface area contributed by atoms with Crippen molar-refractivity contribution < 1.29 is 95.1 Å². The molecule has 0 saturated heterocycles. The number of hydrogen-bond acceptors (Lipinski definition) is 25. The monoisotopic (exact) mass is 1380 g/mol. The minimum absolute atomic E-state index is 0.0243. The topological polar surface area (TPSA) is 353 Å². The van der Waals surface area contributed by atoms with Crippen LogP contribution in [0.15, 0.2) is 35.6 Å². The maximum atomic E-state index is 13.7. The van der Waals surface area contributed by atoms with Crippen molar-refractivity contribution in [2.24, 2.45) is 16.8 Å². The van der Waals surface area contributed by atoms with Gasteiger partial charge in [0.15, 0.2) is 6.61 Å². The molecule has 0 fully saturated rings. The van der Waals surface area contributed by atoms with Crippen molar-refractivity contribution in [2.45, 2.75) is 104 Å². The molecule has 0 radical (unpaired) electrons. The van der Waals surface area contributed by atoms with Gasteiger partial charge in [-0.05, 0) is 48.6 Å². The van der Waals surface area contributed by atoms with E-state index in [9.17, 15) is 24.0 Å². The molecule has 1 aromatic carbocycles. The summed E-state index contributed by atoms with van der Waals surface area (Å²) in [7, 11) is 0. The number of rotatable bonds is 63. The lowest BCUT2D eigenvalue weighted by molar-refractivity contribution is -0.133. The summed E-state index contributed by atoms with van der Waals surface area (Å²) >= 11 is 3.43. The molecule has 1 heterocycles. The molecular formula is C62H110N10O20S2. The summed E-state index contributed by atoms with van der Waals surface area (Å²) in [5.74, 6) is 0.206. The lowest BCUT2D eigenvalue weighted by Crippen LogP contribution is -2.55. The fraction of sp³-hybridized carbons (Fsp3) is 0.774. The van der Waals surface area contributed by atoms with Crippen molar-refractivity contribution in [3.8, 4) is 0 Å². The van der Waals surface area contributed by atoms with Gasteiger partial charge in [0.25, 0.3) is 5.91 Å². The predicted molar refractivity (Wildman–Crippen MR) is 357 cm³/mol. The molecule has 0 aliphatic carbocycles. The Morgan fingerprint density at radius 1 is 0.606 bits per heavy atom. The van der Waals surface area contributed by atoms with Crippen LogP contribution in [0.3, 0.4) is 0 Å². The molecule has 1 aromatic heterocycles. The third kappa shape index (κ3) is 50.4. The van der Waals surface area contributed by atoms with Gasteiger partial charge in [-0.15, -0.1) is 16.9 Å². The van der Waals surface area contributed by atoms with Crippen molar-refractivity contribution in [1.82, 2.24) is 36.3 Å². The molecule has 32 heteroatoms. The standard InChI is InChI=1S/C62H110N10O20S2/c1-8-18-78-20-22-80-24-26-82-28-30-84-32-34-86-36-38-88-40-42-90-43-41-89-39-37-87-35-33-85-31-29-83-27-25-81-23-21-79-19-17-72-45-53(69-71-72)44-65-61(77)91-46-51-12-14-52(15-13-51)66-58(74)55(11-10-16-64-60(63)76)67-59(75)57(50(3)4)68-56(73)47-92-70-54(48-93-9-2)49-94-62(5,6)7/h12-15,45,50,55,57H,8-11,16-44,46-49H2,1-7H3,(H,65,77)(H,66,74)(H,67,75)(H,68,73)(H3,63,64,76)/b70-54+/t55-,57-/m0/s1. The van der Waals surface area contributed by atoms with Crippen LogP contribution < -0.4 is 32.3 Å². The first-order valence-electron chi connectivity index (χ1n) is 32.3. The number of aromatic nitrogens is 3. The smallest absolute Gasteiger partial charge is 0.407 e. The molecule has 30 nitrogen and oxygen atoms in total. The second kappa shape index (κ2) is 58.1. The van der Waals surface area contributed by atoms with E-state index in [1.807, 2.05) is 0 Å². The minimum atomic E-state index is -1.05. The predicted octanol–water partition coefficient (Wildman–Crippen LogP) is 4.00. The summed E-state index contributed by atoms with van der Waals surface area (Å²) in [4.78, 5) is 69.6. The van der Waals surface area contributed by atoms with E-state index in [2.05, 4.69) is 76.7 Å². The third-order valence-corrected chi connectivity index (χ3v) is 14.6. The quantitative estimate of drug-likeness (QED) is 0.0310. The Labute approximate surface area is 564 Å². The van der Waals surface area contributed by atoms with E-state index < -0.39 is 48.5 Å². The first kappa shape index (κ1) is 85.0. The molecule has 94 heavy (non-hydrogen) atoms. The molecule has 2 aromatic rings. The van der Waals surface area contributed by atoms with E-state index in [0.717, 1.165) is 24.5 Å². The van der Waals surface area contributed by atoms with E-state index in [1.54, 1.807) is 72.5 Å². The number of hydrogen-bond donors (Lipinski definition) is 6. The van der Waals surface area contributed by atoms with Crippen LogP contribution in [0.5, 0.6) is 0 Å². The number of thioether (sulfide) groups is 2. The highest BCUT2D eigenvalue weighted by molar-refractivity contribution is 8.02. The molecule has 0 bridgehead atoms. The second-order valence-electron chi connectivity index (χ2n) is 21.8. The number of benzene rings is 1. The van der Waals surface area contributed by atoms with Gasteiger partial charge in [0.05, 0.1) is 190 Å². The number of ether oxygens (including phenoxy) is 14. The summed E-state index contributed by atoms with van der Waals surface area (Å²) in [5, 5.41) is 25.8. The second-order valence-corrected chi connectivity index (χ2v) is 24.9. The number of primary amides is 1. The molecule has 540 valence electrons. The van der Waals surface area contributed by atoms with Gasteiger partial charge >= 0.3 is 12.1 Å². The maximum absolute atomic E-state index is 13.7. The highest BCUT2D eigenvalue weighted by Gasteiger charge is 2.29. The summed E-state index contributed by atoms with van der Waals surface area (Å²) in [6.45, 7) is 26.9. The molecular weight excluding hydrogens is 1270 g/mol. The molecule has 7 N–H and O–H groups in total. The van der Waals surface area contributed by atoms with Crippen LogP contribution in [-0.4, -0.2) is 270 Å². The SMILES string of the molecule is CCCOCCOCCOCCOCCOCCOCCOCCOCCOCCOCCOCCOCCOCCn1cc(CNC(=O)OCc2ccc(NC(=O)[C@H](CCCNC(N)=O)NC(=O)[C@@H](NC(=O)CO/N=C(\CSCC)CSC(C)(C)C)C(C)C)cc2)nn1. The van der Waals surface area contributed by atoms with Gasteiger partial charge < -0.3 is 103 Å². The average Bonchev–Trinajstić information content (AvgIpc) is 1.54. The van der Waals surface area contributed by atoms with Crippen LogP contribution in [0.1, 0.15) is 79.0 Å². The van der Waals surface area contributed by atoms with Crippen molar-refractivity contribution in [2.75, 3.05) is 208 Å². The van der Waals surface area contributed by atoms with E-state index in [-0.39, 0.29) is 36.8 Å². The van der Waals surface area contributed by atoms with Gasteiger partial charge in [-0.25, -0.2) is 14.3 Å². The normalized spacial score (nSPS) is 12.4. The zero-order chi connectivity index (χ0) is 68.4. The molecule has 6 amide bonds. The number of nitrogens with zero attached hydrogens (tertiary/aromatic N) is 4. The fourth-order valence-electron chi connectivity index (χ4n) is 7.44. The Hall–Kier alpha value is -5.04. The average molecular weight is 1380 g/mol. The lowest BCUT2D eigenvalue weighted by Gasteiger charge is -2.25. The maximum Gasteiger partial charge on any atom is 0.407 e. The van der Waals surface area contributed by atoms with Crippen molar-refractivity contribution >= 4 is 64.8 Å². The largest absolute Gasteiger partial charge is 0.445 e. The summed E-state index contributed by atoms with van der Waals surface area (Å²) < 4.78 is 78.6. The van der Waals surface area contributed by atoms with Gasteiger partial charge in [-0.3, -0.25) is 14.4 Å². The number of amides is 6. The minimum Gasteiger partial charge on any atom is -0.445 e. The number of nitrogens with one attached hydrogen (secondary N) is 5. The van der Waals surface area contributed by atoms with Gasteiger partial charge in [0, 0.05) is 35.1 Å². The third-order valence-electron chi connectivity index (χ3n) is 12.3. The van der Waals surface area contributed by atoms with E-state index >= 15 is 0 Å². The van der Waals surface area contributed by atoms with Crippen LogP contribution in [0.4, 0.5) is 15.3 Å². The lowest BCUT2D eigenvalue weighted by atomic mass is 10.0. The number of urea groups is 1. The number of anilines is 1. The Kier molecular flexibility index (Phi) is 52.6. The highest BCUT2D eigenvalue weighted by atomic mass is 32.2. The number of carbonyl (C=O) groups is 5. The number of nitrogens with two attached hydrogens (primary N) is 1. The van der Waals surface area contributed by atoms with Crippen molar-refractivity contribution in [1.29, 1.82) is 0 Å². The molecule has 0 spiro atoms.